The fraction of sp³-hybridized carbons (Fsp3) is 0.692. The van der Waals surface area contributed by atoms with E-state index in [1.165, 1.54) is 7.11 Å². The zero-order valence-electron chi connectivity index (χ0n) is 12.4. The molecule has 0 saturated carbocycles. The van der Waals surface area contributed by atoms with Gasteiger partial charge in [-0.3, -0.25) is 14.4 Å². The van der Waals surface area contributed by atoms with E-state index in [4.69, 9.17) is 19.3 Å². The summed E-state index contributed by atoms with van der Waals surface area (Å²) in [4.78, 5) is 42.8. The van der Waals surface area contributed by atoms with Crippen LogP contribution in [0.1, 0.15) is 19.3 Å². The number of methoxy groups -OCH3 is 1. The van der Waals surface area contributed by atoms with Gasteiger partial charge in [0.15, 0.2) is 0 Å². The number of Topliss-reactive ketones (excluding diaryl/α,β-unsaturated/α-hetero) is 1. The van der Waals surface area contributed by atoms with Crippen LogP contribution in [0.15, 0.2) is 0 Å². The maximum Gasteiger partial charge on any atom is 0.372 e. The molecule has 0 heterocycles. The van der Waals surface area contributed by atoms with Crippen LogP contribution in [0.5, 0.6) is 0 Å². The van der Waals surface area contributed by atoms with Gasteiger partial charge >= 0.3 is 17.9 Å². The molecule has 126 valence electrons. The number of carboxylic acids is 1. The Morgan fingerprint density at radius 2 is 1.36 bits per heavy atom. The third-order valence-corrected chi connectivity index (χ3v) is 2.34. The first-order valence-corrected chi connectivity index (χ1v) is 6.61. The molecule has 0 saturated heterocycles. The second-order valence-electron chi connectivity index (χ2n) is 4.00. The molecule has 0 aromatic heterocycles. The maximum absolute atomic E-state index is 11.1. The first-order chi connectivity index (χ1) is 10.5. The van der Waals surface area contributed by atoms with Crippen LogP contribution in [0.4, 0.5) is 0 Å². The lowest BCUT2D eigenvalue weighted by Gasteiger charge is -2.06. The Morgan fingerprint density at radius 3 is 1.95 bits per heavy atom. The molecule has 0 amide bonds. The van der Waals surface area contributed by atoms with Gasteiger partial charge in [0.05, 0.1) is 46.4 Å². The van der Waals surface area contributed by atoms with Crippen LogP contribution in [0.25, 0.3) is 0 Å². The van der Waals surface area contributed by atoms with Gasteiger partial charge in [-0.05, 0) is 0 Å². The first-order valence-electron chi connectivity index (χ1n) is 6.61. The molecule has 0 aromatic carbocycles. The molecule has 0 aliphatic rings. The summed E-state index contributed by atoms with van der Waals surface area (Å²) in [5.74, 6) is -3.61. The Balaban J connectivity index is 3.35. The molecule has 9 heteroatoms. The highest BCUT2D eigenvalue weighted by molar-refractivity contribution is 6.32. The van der Waals surface area contributed by atoms with Crippen LogP contribution < -0.4 is 0 Å². The Morgan fingerprint density at radius 1 is 0.773 bits per heavy atom. The number of ketones is 1. The fourth-order valence-electron chi connectivity index (χ4n) is 1.19. The minimum absolute atomic E-state index is 0.00224. The molecule has 9 nitrogen and oxygen atoms in total. The van der Waals surface area contributed by atoms with Gasteiger partial charge in [-0.1, -0.05) is 0 Å². The highest BCUT2D eigenvalue weighted by atomic mass is 16.6. The van der Waals surface area contributed by atoms with Gasteiger partial charge in [0, 0.05) is 6.42 Å². The highest BCUT2D eigenvalue weighted by Gasteiger charge is 2.14. The predicted molar refractivity (Wildman–Crippen MR) is 71.1 cm³/mol. The van der Waals surface area contributed by atoms with E-state index in [0.29, 0.717) is 0 Å². The molecular weight excluding hydrogens is 300 g/mol. The topological polar surface area (TPSA) is 125 Å². The van der Waals surface area contributed by atoms with Crippen molar-refractivity contribution in [2.75, 3.05) is 40.1 Å². The molecule has 0 atom stereocenters. The number of hydrogen-bond acceptors (Lipinski definition) is 8. The van der Waals surface area contributed by atoms with Crippen LogP contribution >= 0.6 is 0 Å². The molecule has 0 rings (SSSR count). The lowest BCUT2D eigenvalue weighted by molar-refractivity contribution is -0.151. The third kappa shape index (κ3) is 11.8. The number of aliphatic carboxylic acids is 1. The summed E-state index contributed by atoms with van der Waals surface area (Å²) < 4.78 is 19.4. The quantitative estimate of drug-likeness (QED) is 0.273. The van der Waals surface area contributed by atoms with Crippen molar-refractivity contribution in [3.05, 3.63) is 0 Å². The standard InChI is InChI=1S/C13H20O9/c1-19-11(15)4-5-20-6-7-21-8-9-22-12(16)3-2-10(14)13(17)18/h2-9H2,1H3,(H,17,18). The van der Waals surface area contributed by atoms with Gasteiger partial charge in [0.1, 0.15) is 6.61 Å². The molecule has 1 N–H and O–H groups in total. The zero-order valence-corrected chi connectivity index (χ0v) is 12.4. The van der Waals surface area contributed by atoms with Gasteiger partial charge < -0.3 is 24.1 Å². The van der Waals surface area contributed by atoms with Gasteiger partial charge in [0.2, 0.25) is 5.78 Å². The molecule has 0 unspecified atom stereocenters. The lowest BCUT2D eigenvalue weighted by atomic mass is 10.2. The Hall–Kier alpha value is -2.00. The van der Waals surface area contributed by atoms with Crippen molar-refractivity contribution in [2.45, 2.75) is 19.3 Å². The monoisotopic (exact) mass is 320 g/mol. The normalized spacial score (nSPS) is 10.0. The van der Waals surface area contributed by atoms with E-state index in [1.54, 1.807) is 0 Å². The van der Waals surface area contributed by atoms with Crippen molar-refractivity contribution >= 4 is 23.7 Å². The van der Waals surface area contributed by atoms with E-state index < -0.39 is 17.7 Å². The van der Waals surface area contributed by atoms with Crippen LogP contribution in [-0.4, -0.2) is 68.9 Å². The summed E-state index contributed by atoms with van der Waals surface area (Å²) in [5, 5.41) is 8.31. The van der Waals surface area contributed by atoms with Crippen molar-refractivity contribution in [3.63, 3.8) is 0 Å². The van der Waals surface area contributed by atoms with E-state index in [-0.39, 0.29) is 58.3 Å². The maximum atomic E-state index is 11.1. The first kappa shape index (κ1) is 20.0. The van der Waals surface area contributed by atoms with Crippen molar-refractivity contribution in [1.29, 1.82) is 0 Å². The second kappa shape index (κ2) is 12.7. The molecular formula is C13H20O9. The number of esters is 2. The molecule has 22 heavy (non-hydrogen) atoms. The summed E-state index contributed by atoms with van der Waals surface area (Å²) in [6.45, 7) is 0.956. The number of hydrogen-bond donors (Lipinski definition) is 1. The molecule has 0 aliphatic carbocycles. The largest absolute Gasteiger partial charge is 0.476 e. The van der Waals surface area contributed by atoms with E-state index in [9.17, 15) is 19.2 Å². The number of carbonyl (C=O) groups excluding carboxylic acids is 3. The Kier molecular flexibility index (Phi) is 11.6. The van der Waals surface area contributed by atoms with Crippen molar-refractivity contribution in [3.8, 4) is 0 Å². The zero-order chi connectivity index (χ0) is 16.8. The van der Waals surface area contributed by atoms with Gasteiger partial charge in [-0.25, -0.2) is 4.79 Å². The van der Waals surface area contributed by atoms with E-state index >= 15 is 0 Å². The predicted octanol–water partition coefficient (Wildman–Crippen LogP) is -0.440. The van der Waals surface area contributed by atoms with Gasteiger partial charge in [0.25, 0.3) is 0 Å². The van der Waals surface area contributed by atoms with Crippen LogP contribution in [0, 0.1) is 0 Å². The van der Waals surface area contributed by atoms with Crippen molar-refractivity contribution in [1.82, 2.24) is 0 Å². The minimum atomic E-state index is -1.57. The number of carboxylic acid groups (broad SMARTS) is 1. The average molecular weight is 320 g/mol. The Labute approximate surface area is 127 Å². The Bertz CT molecular complexity index is 378. The minimum Gasteiger partial charge on any atom is -0.476 e. The van der Waals surface area contributed by atoms with E-state index in [2.05, 4.69) is 4.74 Å². The summed E-state index contributed by atoms with van der Waals surface area (Å²) in [7, 11) is 1.30. The molecule has 0 bridgehead atoms. The molecule has 0 spiro atoms. The van der Waals surface area contributed by atoms with Crippen LogP contribution in [0.3, 0.4) is 0 Å². The third-order valence-electron chi connectivity index (χ3n) is 2.34. The molecule has 0 aliphatic heterocycles. The lowest BCUT2D eigenvalue weighted by Crippen LogP contribution is -2.17. The van der Waals surface area contributed by atoms with E-state index in [0.717, 1.165) is 0 Å². The van der Waals surface area contributed by atoms with Gasteiger partial charge in [-0.15, -0.1) is 0 Å². The average Bonchev–Trinajstić information content (AvgIpc) is 2.50. The summed E-state index contributed by atoms with van der Waals surface area (Å²) in [6, 6.07) is 0. The van der Waals surface area contributed by atoms with Crippen LogP contribution in [0.2, 0.25) is 0 Å². The number of carbonyl (C=O) groups is 4. The number of ether oxygens (including phenoxy) is 4. The summed E-state index contributed by atoms with van der Waals surface area (Å²) in [6.07, 6.45) is -0.492. The van der Waals surface area contributed by atoms with Gasteiger partial charge in [-0.2, -0.15) is 0 Å². The van der Waals surface area contributed by atoms with E-state index in [1.807, 2.05) is 0 Å². The number of rotatable bonds is 13. The second-order valence-corrected chi connectivity index (χ2v) is 4.00. The summed E-state index contributed by atoms with van der Waals surface area (Å²) in [5.41, 5.74) is 0. The summed E-state index contributed by atoms with van der Waals surface area (Å²) >= 11 is 0. The van der Waals surface area contributed by atoms with Crippen LogP contribution in [-0.2, 0) is 38.1 Å². The molecule has 0 radical (unpaired) electrons. The van der Waals surface area contributed by atoms with Crippen molar-refractivity contribution < 1.29 is 43.2 Å². The van der Waals surface area contributed by atoms with Crippen molar-refractivity contribution in [2.24, 2.45) is 0 Å². The SMILES string of the molecule is COC(=O)CCOCCOCCOC(=O)CCC(=O)C(=O)O. The molecule has 0 fully saturated rings. The fourth-order valence-corrected chi connectivity index (χ4v) is 1.19. The smallest absolute Gasteiger partial charge is 0.372 e. The molecule has 0 aromatic rings. The highest BCUT2D eigenvalue weighted by Crippen LogP contribution is 1.95.